The molecule has 0 saturated carbocycles. The van der Waals surface area contributed by atoms with Gasteiger partial charge in [0.1, 0.15) is 5.60 Å². The number of carbonyl (C=O) groups excluding carboxylic acids is 1. The van der Waals surface area contributed by atoms with E-state index in [1.807, 2.05) is 0 Å². The second-order valence-electron chi connectivity index (χ2n) is 4.44. The van der Waals surface area contributed by atoms with E-state index in [1.165, 1.54) is 5.41 Å². The van der Waals surface area contributed by atoms with Gasteiger partial charge in [-0.15, -0.1) is 0 Å². The molecule has 0 spiro atoms. The van der Waals surface area contributed by atoms with Gasteiger partial charge in [-0.1, -0.05) is 0 Å². The van der Waals surface area contributed by atoms with Gasteiger partial charge in [-0.25, -0.2) is 13.2 Å². The zero-order chi connectivity index (χ0) is 11.7. The topological polar surface area (TPSA) is 72.5 Å². The molecule has 0 aromatic rings. The predicted molar refractivity (Wildman–Crippen MR) is 56.1 cm³/mol. The van der Waals surface area contributed by atoms with Gasteiger partial charge < -0.3 is 10.1 Å². The fourth-order valence-electron chi connectivity index (χ4n) is 1.08. The Morgan fingerprint density at radius 1 is 1.53 bits per heavy atom. The van der Waals surface area contributed by atoms with Crippen LogP contribution in [0.25, 0.3) is 0 Å². The molecule has 1 aliphatic heterocycles. The summed E-state index contributed by atoms with van der Waals surface area (Å²) in [6.07, 6.45) is -0.535. The fourth-order valence-corrected chi connectivity index (χ4v) is 2.24. The lowest BCUT2D eigenvalue weighted by Crippen LogP contribution is -2.35. The Bertz CT molecular complexity index is 389. The summed E-state index contributed by atoms with van der Waals surface area (Å²) in [6.45, 7) is 5.52. The zero-order valence-corrected chi connectivity index (χ0v) is 9.85. The number of sulfone groups is 1. The highest BCUT2D eigenvalue weighted by atomic mass is 32.2. The van der Waals surface area contributed by atoms with Crippen molar-refractivity contribution in [2.45, 2.75) is 26.4 Å². The Morgan fingerprint density at radius 3 is 2.47 bits per heavy atom. The molecule has 0 atom stereocenters. The van der Waals surface area contributed by atoms with E-state index in [2.05, 4.69) is 5.32 Å². The van der Waals surface area contributed by atoms with Gasteiger partial charge in [0.15, 0.2) is 9.84 Å². The van der Waals surface area contributed by atoms with Crippen LogP contribution in [-0.4, -0.2) is 32.4 Å². The Hall–Kier alpha value is -1.04. The summed E-state index contributed by atoms with van der Waals surface area (Å²) in [6, 6.07) is 0. The van der Waals surface area contributed by atoms with Crippen LogP contribution in [0.4, 0.5) is 4.79 Å². The van der Waals surface area contributed by atoms with Crippen LogP contribution in [0.1, 0.15) is 20.8 Å². The number of nitrogens with one attached hydrogen (secondary N) is 1. The minimum atomic E-state index is -2.97. The third-order valence-electron chi connectivity index (χ3n) is 1.59. The summed E-state index contributed by atoms with van der Waals surface area (Å²) in [7, 11) is -2.97. The Morgan fingerprint density at radius 2 is 2.07 bits per heavy atom. The first kappa shape index (κ1) is 12.0. The van der Waals surface area contributed by atoms with Crippen LogP contribution < -0.4 is 5.32 Å². The van der Waals surface area contributed by atoms with E-state index >= 15 is 0 Å². The predicted octanol–water partition coefficient (Wildman–Crippen LogP) is 0.823. The van der Waals surface area contributed by atoms with Gasteiger partial charge in [0.05, 0.1) is 5.75 Å². The first-order valence-electron chi connectivity index (χ1n) is 4.57. The van der Waals surface area contributed by atoms with Crippen LogP contribution >= 0.6 is 0 Å². The van der Waals surface area contributed by atoms with Crippen LogP contribution in [0.5, 0.6) is 0 Å². The van der Waals surface area contributed by atoms with Gasteiger partial charge in [0.25, 0.3) is 0 Å². The normalized spacial score (nSPS) is 18.7. The smallest absolute Gasteiger partial charge is 0.407 e. The maximum atomic E-state index is 11.2. The van der Waals surface area contributed by atoms with Crippen LogP contribution in [-0.2, 0) is 14.6 Å². The van der Waals surface area contributed by atoms with Crippen LogP contribution in [0.15, 0.2) is 11.0 Å². The van der Waals surface area contributed by atoms with Crippen LogP contribution in [0.2, 0.25) is 0 Å². The zero-order valence-electron chi connectivity index (χ0n) is 9.03. The molecule has 1 rings (SSSR count). The van der Waals surface area contributed by atoms with Crippen LogP contribution in [0, 0.1) is 0 Å². The number of hydrogen-bond acceptors (Lipinski definition) is 4. The molecule has 1 amide bonds. The van der Waals surface area contributed by atoms with Gasteiger partial charge >= 0.3 is 6.09 Å². The lowest BCUT2D eigenvalue weighted by molar-refractivity contribution is 0.0532. The second-order valence-corrected chi connectivity index (χ2v) is 6.29. The summed E-state index contributed by atoms with van der Waals surface area (Å²) in [5, 5.41) is 3.66. The third kappa shape index (κ3) is 4.33. The Labute approximate surface area is 89.4 Å². The van der Waals surface area contributed by atoms with Crippen molar-refractivity contribution in [2.75, 3.05) is 12.3 Å². The average molecular weight is 233 g/mol. The van der Waals surface area contributed by atoms with Gasteiger partial charge in [-0.2, -0.15) is 0 Å². The standard InChI is InChI=1S/C9H15NO4S/c1-9(2,3)14-8(11)10-4-7-5-15(12,13)6-7/h5H,4,6H2,1-3H3,(H,10,11). The second kappa shape index (κ2) is 3.84. The van der Waals surface area contributed by atoms with Crippen LogP contribution in [0.3, 0.4) is 0 Å². The minimum Gasteiger partial charge on any atom is -0.444 e. The van der Waals surface area contributed by atoms with E-state index in [0.717, 1.165) is 0 Å². The maximum absolute atomic E-state index is 11.2. The maximum Gasteiger partial charge on any atom is 0.407 e. The van der Waals surface area contributed by atoms with E-state index < -0.39 is 21.5 Å². The van der Waals surface area contributed by atoms with E-state index in [-0.39, 0.29) is 12.3 Å². The molecule has 0 radical (unpaired) electrons. The van der Waals surface area contributed by atoms with Crippen molar-refractivity contribution in [3.63, 3.8) is 0 Å². The number of ether oxygens (including phenoxy) is 1. The summed E-state index contributed by atoms with van der Waals surface area (Å²) < 4.78 is 26.5. The summed E-state index contributed by atoms with van der Waals surface area (Å²) >= 11 is 0. The van der Waals surface area contributed by atoms with Crippen molar-refractivity contribution >= 4 is 15.9 Å². The largest absolute Gasteiger partial charge is 0.444 e. The molecule has 6 heteroatoms. The minimum absolute atomic E-state index is 0.0306. The summed E-state index contributed by atoms with van der Waals surface area (Å²) in [5.41, 5.74) is 0.158. The Kier molecular flexibility index (Phi) is 3.08. The first-order chi connectivity index (χ1) is 6.68. The Balaban J connectivity index is 2.31. The molecule has 0 aliphatic carbocycles. The molecule has 1 N–H and O–H groups in total. The van der Waals surface area contributed by atoms with Crippen molar-refractivity contribution < 1.29 is 17.9 Å². The van der Waals surface area contributed by atoms with Crippen molar-refractivity contribution in [3.8, 4) is 0 Å². The quantitative estimate of drug-likeness (QED) is 0.766. The monoisotopic (exact) mass is 233 g/mol. The van der Waals surface area contributed by atoms with E-state index in [0.29, 0.717) is 5.57 Å². The van der Waals surface area contributed by atoms with Crippen molar-refractivity contribution in [2.24, 2.45) is 0 Å². The van der Waals surface area contributed by atoms with Crippen molar-refractivity contribution in [1.29, 1.82) is 0 Å². The highest BCUT2D eigenvalue weighted by Gasteiger charge is 2.23. The highest BCUT2D eigenvalue weighted by molar-refractivity contribution is 7.95. The lowest BCUT2D eigenvalue weighted by atomic mass is 10.2. The SMILES string of the molecule is CC(C)(C)OC(=O)NCC1=CS(=O)(=O)C1. The van der Waals surface area contributed by atoms with Gasteiger partial charge in [0, 0.05) is 12.0 Å². The number of rotatable bonds is 2. The fraction of sp³-hybridized carbons (Fsp3) is 0.667. The van der Waals surface area contributed by atoms with Gasteiger partial charge in [0.2, 0.25) is 0 Å². The summed E-state index contributed by atoms with van der Waals surface area (Å²) in [5.74, 6) is 0.0306. The van der Waals surface area contributed by atoms with Crippen molar-refractivity contribution in [1.82, 2.24) is 5.32 Å². The number of alkyl carbamates (subject to hydrolysis) is 1. The molecule has 86 valence electrons. The number of hydrogen-bond donors (Lipinski definition) is 1. The van der Waals surface area contributed by atoms with E-state index in [1.54, 1.807) is 20.8 Å². The van der Waals surface area contributed by atoms with E-state index in [4.69, 9.17) is 4.74 Å². The van der Waals surface area contributed by atoms with Gasteiger partial charge in [-0.3, -0.25) is 0 Å². The molecule has 0 aromatic carbocycles. The van der Waals surface area contributed by atoms with Crippen molar-refractivity contribution in [3.05, 3.63) is 11.0 Å². The molecule has 0 bridgehead atoms. The third-order valence-corrected chi connectivity index (χ3v) is 3.06. The molecule has 15 heavy (non-hydrogen) atoms. The molecule has 5 nitrogen and oxygen atoms in total. The average Bonchev–Trinajstić information content (AvgIpc) is 1.93. The molecule has 0 unspecified atom stereocenters. The lowest BCUT2D eigenvalue weighted by Gasteiger charge is -2.21. The highest BCUT2D eigenvalue weighted by Crippen LogP contribution is 2.15. The summed E-state index contributed by atoms with van der Waals surface area (Å²) in [4.78, 5) is 11.2. The molecule has 1 aliphatic rings. The molecule has 0 saturated heterocycles. The number of carbonyl (C=O) groups is 1. The number of amides is 1. The molecule has 0 fully saturated rings. The molecule has 1 heterocycles. The molecular formula is C9H15NO4S. The first-order valence-corrected chi connectivity index (χ1v) is 6.28. The molecular weight excluding hydrogens is 218 g/mol. The van der Waals surface area contributed by atoms with Gasteiger partial charge in [-0.05, 0) is 26.3 Å². The molecule has 0 aromatic heterocycles. The van der Waals surface area contributed by atoms with E-state index in [9.17, 15) is 13.2 Å².